The number of para-hydroxylation sites is 2. The van der Waals surface area contributed by atoms with Crippen molar-refractivity contribution in [1.82, 2.24) is 19.5 Å². The van der Waals surface area contributed by atoms with Gasteiger partial charge in [0.15, 0.2) is 12.1 Å². The molecule has 2 unspecified atom stereocenters. The summed E-state index contributed by atoms with van der Waals surface area (Å²) in [5, 5.41) is 0.141. The molecular formula is C29H38F2N4O4S. The zero-order chi connectivity index (χ0) is 27.9. The zero-order valence-electron chi connectivity index (χ0n) is 23.0. The van der Waals surface area contributed by atoms with E-state index in [1.807, 2.05) is 0 Å². The highest BCUT2D eigenvalue weighted by Gasteiger charge is 2.24. The van der Waals surface area contributed by atoms with Crippen molar-refractivity contribution in [2.24, 2.45) is 5.92 Å². The monoisotopic (exact) mass is 576 g/mol. The Hall–Kier alpha value is -2.34. The van der Waals surface area contributed by atoms with Gasteiger partial charge in [0.2, 0.25) is 5.16 Å². The SMILES string of the molecule is CS(=O)c1nc(CCCC2CCC(OCCOC3CCCCO3)CC2)cc(-n2c(C(F)F)nc3ccccc32)n1. The number of nitrogens with zero attached hydrogens (tertiary/aromatic N) is 4. The number of aromatic nitrogens is 4. The van der Waals surface area contributed by atoms with Gasteiger partial charge in [-0.05, 0) is 75.8 Å². The number of fused-ring (bicyclic) bond motifs is 1. The molecule has 11 heteroatoms. The first kappa shape index (κ1) is 29.2. The summed E-state index contributed by atoms with van der Waals surface area (Å²) in [5.41, 5.74) is 1.69. The van der Waals surface area contributed by atoms with E-state index in [1.165, 1.54) is 10.8 Å². The topological polar surface area (TPSA) is 88.4 Å². The summed E-state index contributed by atoms with van der Waals surface area (Å²) in [6.07, 6.45) is 9.13. The number of imidazole rings is 1. The highest BCUT2D eigenvalue weighted by Crippen LogP contribution is 2.31. The molecule has 2 aliphatic rings. The summed E-state index contributed by atoms with van der Waals surface area (Å²) in [6, 6.07) is 8.68. The second kappa shape index (κ2) is 14.0. The lowest BCUT2D eigenvalue weighted by Crippen LogP contribution is -2.26. The van der Waals surface area contributed by atoms with Gasteiger partial charge in [-0.3, -0.25) is 8.78 Å². The Morgan fingerprint density at radius 1 is 1.05 bits per heavy atom. The maximum absolute atomic E-state index is 13.9. The van der Waals surface area contributed by atoms with E-state index in [-0.39, 0.29) is 29.2 Å². The van der Waals surface area contributed by atoms with Crippen molar-refractivity contribution in [2.45, 2.75) is 88.2 Å². The van der Waals surface area contributed by atoms with E-state index >= 15 is 0 Å². The summed E-state index contributed by atoms with van der Waals surface area (Å²) < 4.78 is 58.9. The summed E-state index contributed by atoms with van der Waals surface area (Å²) in [7, 11) is -1.45. The second-order valence-corrected chi connectivity index (χ2v) is 11.9. The minimum atomic E-state index is -2.78. The molecule has 1 saturated carbocycles. The first-order valence-corrected chi connectivity index (χ1v) is 15.9. The van der Waals surface area contributed by atoms with E-state index in [0.29, 0.717) is 42.3 Å². The average molecular weight is 577 g/mol. The molecule has 3 aromatic rings. The van der Waals surface area contributed by atoms with Crippen LogP contribution < -0.4 is 0 Å². The van der Waals surface area contributed by atoms with Crippen LogP contribution in [0.25, 0.3) is 16.9 Å². The van der Waals surface area contributed by atoms with Crippen molar-refractivity contribution in [2.75, 3.05) is 26.1 Å². The van der Waals surface area contributed by atoms with Crippen LogP contribution in [0.1, 0.15) is 75.7 Å². The lowest BCUT2D eigenvalue weighted by molar-refractivity contribution is -0.172. The molecule has 0 radical (unpaired) electrons. The summed E-state index contributed by atoms with van der Waals surface area (Å²) in [5.74, 6) is 0.512. The highest BCUT2D eigenvalue weighted by atomic mass is 32.2. The van der Waals surface area contributed by atoms with Crippen LogP contribution in [0.3, 0.4) is 0 Å². The molecule has 8 nitrogen and oxygen atoms in total. The summed E-state index contributed by atoms with van der Waals surface area (Å²) in [4.78, 5) is 13.0. The molecule has 2 aromatic heterocycles. The number of benzene rings is 1. The minimum absolute atomic E-state index is 0.0712. The van der Waals surface area contributed by atoms with Gasteiger partial charge in [-0.2, -0.15) is 0 Å². The van der Waals surface area contributed by atoms with Gasteiger partial charge < -0.3 is 14.2 Å². The van der Waals surface area contributed by atoms with Crippen LogP contribution in [-0.4, -0.2) is 62.2 Å². The molecule has 1 aliphatic heterocycles. The third-order valence-electron chi connectivity index (χ3n) is 7.73. The van der Waals surface area contributed by atoms with E-state index in [0.717, 1.165) is 64.4 Å². The number of ether oxygens (including phenoxy) is 3. The maximum Gasteiger partial charge on any atom is 0.296 e. The third-order valence-corrected chi connectivity index (χ3v) is 8.43. The van der Waals surface area contributed by atoms with E-state index in [2.05, 4.69) is 15.0 Å². The molecule has 5 rings (SSSR count). The number of hydrogen-bond donors (Lipinski definition) is 0. The van der Waals surface area contributed by atoms with Gasteiger partial charge in [-0.25, -0.2) is 23.7 Å². The van der Waals surface area contributed by atoms with Crippen molar-refractivity contribution in [1.29, 1.82) is 0 Å². The molecule has 218 valence electrons. The molecule has 0 bridgehead atoms. The number of hydrogen-bond acceptors (Lipinski definition) is 7. The summed E-state index contributed by atoms with van der Waals surface area (Å²) >= 11 is 0. The Morgan fingerprint density at radius 3 is 2.60 bits per heavy atom. The Kier molecular flexibility index (Phi) is 10.2. The average Bonchev–Trinajstić information content (AvgIpc) is 3.37. The standard InChI is InChI=1S/C29H38F2N4O4S/c1-40(36)29-32-21(19-25(34-29)35-24-10-3-2-9-23(24)33-28(35)27(30)31)8-6-7-20-12-14-22(15-13-20)37-17-18-39-26-11-4-5-16-38-26/h2-3,9-10,19-20,22,26-27H,4-8,11-18H2,1H3. The zero-order valence-corrected chi connectivity index (χ0v) is 23.8. The number of rotatable bonds is 12. The molecule has 0 N–H and O–H groups in total. The van der Waals surface area contributed by atoms with Crippen molar-refractivity contribution in [3.63, 3.8) is 0 Å². The molecule has 2 fully saturated rings. The van der Waals surface area contributed by atoms with E-state index < -0.39 is 17.2 Å². The second-order valence-electron chi connectivity index (χ2n) is 10.6. The van der Waals surface area contributed by atoms with Gasteiger partial charge in [-0.15, -0.1) is 0 Å². The van der Waals surface area contributed by atoms with E-state index in [1.54, 1.807) is 30.3 Å². The van der Waals surface area contributed by atoms with Crippen LogP contribution in [0, 0.1) is 5.92 Å². The normalized spacial score (nSPS) is 22.6. The van der Waals surface area contributed by atoms with Crippen LogP contribution in [0.4, 0.5) is 8.78 Å². The van der Waals surface area contributed by atoms with Gasteiger partial charge in [0.05, 0.1) is 41.2 Å². The molecular weight excluding hydrogens is 538 g/mol. The van der Waals surface area contributed by atoms with Gasteiger partial charge >= 0.3 is 0 Å². The van der Waals surface area contributed by atoms with Crippen molar-refractivity contribution in [3.8, 4) is 5.82 Å². The van der Waals surface area contributed by atoms with Crippen molar-refractivity contribution < 1.29 is 27.2 Å². The largest absolute Gasteiger partial charge is 0.376 e. The maximum atomic E-state index is 13.9. The number of halogens is 2. The fourth-order valence-electron chi connectivity index (χ4n) is 5.66. The van der Waals surface area contributed by atoms with Gasteiger partial charge in [0, 0.05) is 24.6 Å². The van der Waals surface area contributed by atoms with Gasteiger partial charge in [-0.1, -0.05) is 18.6 Å². The van der Waals surface area contributed by atoms with Gasteiger partial charge in [0.25, 0.3) is 6.43 Å². The van der Waals surface area contributed by atoms with E-state index in [4.69, 9.17) is 14.2 Å². The molecule has 3 heterocycles. The molecule has 1 aromatic carbocycles. The van der Waals surface area contributed by atoms with Crippen LogP contribution in [0.5, 0.6) is 0 Å². The van der Waals surface area contributed by atoms with Crippen LogP contribution in [-0.2, 0) is 31.4 Å². The Balaban J connectivity index is 1.14. The highest BCUT2D eigenvalue weighted by molar-refractivity contribution is 7.84. The van der Waals surface area contributed by atoms with E-state index in [9.17, 15) is 13.0 Å². The molecule has 2 atom stereocenters. The molecule has 0 amide bonds. The van der Waals surface area contributed by atoms with Crippen molar-refractivity contribution >= 4 is 21.8 Å². The van der Waals surface area contributed by atoms with Crippen LogP contribution in [0.2, 0.25) is 0 Å². The number of alkyl halides is 2. The van der Waals surface area contributed by atoms with Crippen LogP contribution >= 0.6 is 0 Å². The molecule has 0 spiro atoms. The Bertz CT molecular complexity index is 1280. The van der Waals surface area contributed by atoms with Crippen LogP contribution in [0.15, 0.2) is 35.5 Å². The Labute approximate surface area is 236 Å². The van der Waals surface area contributed by atoms with Crippen molar-refractivity contribution in [3.05, 3.63) is 41.9 Å². The minimum Gasteiger partial charge on any atom is -0.376 e. The predicted molar refractivity (Wildman–Crippen MR) is 148 cm³/mol. The Morgan fingerprint density at radius 2 is 1.85 bits per heavy atom. The fourth-order valence-corrected chi connectivity index (χ4v) is 6.13. The quantitative estimate of drug-likeness (QED) is 0.195. The third kappa shape index (κ3) is 7.48. The molecule has 1 saturated heterocycles. The smallest absolute Gasteiger partial charge is 0.296 e. The lowest BCUT2D eigenvalue weighted by Gasteiger charge is -2.29. The fraction of sp³-hybridized carbons (Fsp3) is 0.621. The lowest BCUT2D eigenvalue weighted by atomic mass is 9.84. The predicted octanol–water partition coefficient (Wildman–Crippen LogP) is 5.93. The first-order chi connectivity index (χ1) is 19.5. The molecule has 40 heavy (non-hydrogen) atoms. The summed E-state index contributed by atoms with van der Waals surface area (Å²) in [6.45, 7) is 1.96. The first-order valence-electron chi connectivity index (χ1n) is 14.3. The number of aryl methyl sites for hydroxylation is 1. The van der Waals surface area contributed by atoms with Gasteiger partial charge in [0.1, 0.15) is 5.82 Å². The molecule has 1 aliphatic carbocycles.